The Hall–Kier alpha value is -1.65. The van der Waals surface area contributed by atoms with E-state index in [0.717, 1.165) is 16.5 Å². The van der Waals surface area contributed by atoms with Gasteiger partial charge in [-0.3, -0.25) is 4.79 Å². The largest absolute Gasteiger partial charge is 0.481 e. The third kappa shape index (κ3) is 2.44. The number of fused-ring (bicyclic) bond motifs is 1. The van der Waals surface area contributed by atoms with Crippen molar-refractivity contribution in [2.75, 3.05) is 0 Å². The summed E-state index contributed by atoms with van der Waals surface area (Å²) in [6.45, 7) is 1.95. The minimum atomic E-state index is -0.956. The summed E-state index contributed by atoms with van der Waals surface area (Å²) in [5, 5.41) is 9.93. The van der Waals surface area contributed by atoms with Crippen LogP contribution in [0.15, 0.2) is 24.3 Å². The van der Waals surface area contributed by atoms with Gasteiger partial charge in [0.2, 0.25) is 0 Å². The number of benzene rings is 1. The zero-order valence-corrected chi connectivity index (χ0v) is 10.6. The van der Waals surface area contributed by atoms with Gasteiger partial charge in [0.1, 0.15) is 5.15 Å². The fourth-order valence-electron chi connectivity index (χ4n) is 1.90. The van der Waals surface area contributed by atoms with Crippen molar-refractivity contribution in [2.45, 2.75) is 19.4 Å². The lowest BCUT2D eigenvalue weighted by atomic mass is 10.0. The monoisotopic (exact) mass is 264 g/mol. The van der Waals surface area contributed by atoms with Gasteiger partial charge in [-0.15, -0.1) is 0 Å². The molecule has 3 N–H and O–H groups in total. The number of carboxylic acid groups (broad SMARTS) is 1. The van der Waals surface area contributed by atoms with Gasteiger partial charge in [0, 0.05) is 17.0 Å². The molecule has 5 heteroatoms. The van der Waals surface area contributed by atoms with Gasteiger partial charge in [-0.25, -0.2) is 4.98 Å². The summed E-state index contributed by atoms with van der Waals surface area (Å²) in [4.78, 5) is 15.0. The van der Waals surface area contributed by atoms with E-state index in [4.69, 9.17) is 22.4 Å². The van der Waals surface area contributed by atoms with E-state index in [1.807, 2.05) is 31.2 Å². The zero-order chi connectivity index (χ0) is 13.3. The maximum atomic E-state index is 10.7. The summed E-state index contributed by atoms with van der Waals surface area (Å²) >= 11 is 6.07. The summed E-state index contributed by atoms with van der Waals surface area (Å²) in [5.74, 6) is -0.956. The highest BCUT2D eigenvalue weighted by Crippen LogP contribution is 2.27. The van der Waals surface area contributed by atoms with Gasteiger partial charge < -0.3 is 10.8 Å². The molecule has 1 heterocycles. The first kappa shape index (κ1) is 12.8. The molecule has 0 saturated heterocycles. The Morgan fingerprint density at radius 3 is 2.94 bits per heavy atom. The second kappa shape index (κ2) is 4.92. The Morgan fingerprint density at radius 1 is 1.56 bits per heavy atom. The third-order valence-electron chi connectivity index (χ3n) is 2.82. The van der Waals surface area contributed by atoms with Crippen LogP contribution in [0.25, 0.3) is 10.9 Å². The number of aromatic nitrogens is 1. The van der Waals surface area contributed by atoms with Crippen LogP contribution in [0, 0.1) is 6.92 Å². The number of carboxylic acids is 1. The quantitative estimate of drug-likeness (QED) is 0.836. The lowest BCUT2D eigenvalue weighted by Gasteiger charge is -2.12. The molecule has 1 atom stereocenters. The molecular formula is C13H13ClN2O2. The molecule has 18 heavy (non-hydrogen) atoms. The molecule has 0 aliphatic carbocycles. The molecule has 4 nitrogen and oxygen atoms in total. The molecule has 0 saturated carbocycles. The number of hydrogen-bond donors (Lipinski definition) is 2. The van der Waals surface area contributed by atoms with E-state index in [0.29, 0.717) is 5.56 Å². The topological polar surface area (TPSA) is 76.2 Å². The number of aliphatic carboxylic acids is 1. The normalized spacial score (nSPS) is 12.6. The fraction of sp³-hybridized carbons (Fsp3) is 0.231. The van der Waals surface area contributed by atoms with Crippen LogP contribution >= 0.6 is 11.6 Å². The van der Waals surface area contributed by atoms with Gasteiger partial charge in [-0.2, -0.15) is 0 Å². The first-order valence-corrected chi connectivity index (χ1v) is 5.90. The Kier molecular flexibility index (Phi) is 3.50. The SMILES string of the molecule is Cc1cccc2cc(C(N)CC(=O)O)c(Cl)nc12. The number of para-hydroxylation sites is 1. The molecule has 0 radical (unpaired) electrons. The van der Waals surface area contributed by atoms with Gasteiger partial charge in [-0.05, 0) is 18.6 Å². The van der Waals surface area contributed by atoms with E-state index < -0.39 is 12.0 Å². The number of halogens is 1. The fourth-order valence-corrected chi connectivity index (χ4v) is 2.18. The highest BCUT2D eigenvalue weighted by Gasteiger charge is 2.16. The summed E-state index contributed by atoms with van der Waals surface area (Å²) in [6, 6.07) is 6.93. The van der Waals surface area contributed by atoms with Crippen molar-refractivity contribution in [3.63, 3.8) is 0 Å². The van der Waals surface area contributed by atoms with Gasteiger partial charge in [0.15, 0.2) is 0 Å². The Balaban J connectivity index is 2.53. The molecule has 2 aromatic rings. The number of hydrogen-bond acceptors (Lipinski definition) is 3. The van der Waals surface area contributed by atoms with Gasteiger partial charge in [0.05, 0.1) is 11.9 Å². The average molecular weight is 265 g/mol. The number of carbonyl (C=O) groups is 1. The van der Waals surface area contributed by atoms with Crippen molar-refractivity contribution >= 4 is 28.5 Å². The van der Waals surface area contributed by atoms with Gasteiger partial charge in [0.25, 0.3) is 0 Å². The van der Waals surface area contributed by atoms with Crippen molar-refractivity contribution in [1.29, 1.82) is 0 Å². The van der Waals surface area contributed by atoms with Crippen molar-refractivity contribution in [1.82, 2.24) is 4.98 Å². The number of rotatable bonds is 3. The summed E-state index contributed by atoms with van der Waals surface area (Å²) in [5.41, 5.74) is 8.22. The molecule has 0 spiro atoms. The molecule has 1 aromatic heterocycles. The van der Waals surface area contributed by atoms with Crippen LogP contribution in [0.1, 0.15) is 23.6 Å². The van der Waals surface area contributed by atoms with E-state index in [1.165, 1.54) is 0 Å². The van der Waals surface area contributed by atoms with Crippen LogP contribution in [-0.2, 0) is 4.79 Å². The molecule has 0 amide bonds. The highest BCUT2D eigenvalue weighted by molar-refractivity contribution is 6.30. The van der Waals surface area contributed by atoms with E-state index in [9.17, 15) is 4.79 Å². The van der Waals surface area contributed by atoms with Crippen molar-refractivity contribution in [3.8, 4) is 0 Å². The number of nitrogens with two attached hydrogens (primary N) is 1. The standard InChI is InChI=1S/C13H13ClN2O2/c1-7-3-2-4-8-5-9(10(15)6-11(17)18)13(14)16-12(7)8/h2-5,10H,6,15H2,1H3,(H,17,18). The summed E-state index contributed by atoms with van der Waals surface area (Å²) in [7, 11) is 0. The lowest BCUT2D eigenvalue weighted by molar-refractivity contribution is -0.137. The minimum Gasteiger partial charge on any atom is -0.481 e. The van der Waals surface area contributed by atoms with Gasteiger partial charge in [-0.1, -0.05) is 29.8 Å². The molecule has 0 aliphatic heterocycles. The molecule has 1 aromatic carbocycles. The molecule has 0 aliphatic rings. The lowest BCUT2D eigenvalue weighted by Crippen LogP contribution is -2.16. The molecule has 1 unspecified atom stereocenters. The predicted octanol–water partition coefficient (Wildman–Crippen LogP) is 2.67. The van der Waals surface area contributed by atoms with Crippen LogP contribution in [0.4, 0.5) is 0 Å². The van der Waals surface area contributed by atoms with Crippen molar-refractivity contribution < 1.29 is 9.90 Å². The molecule has 0 fully saturated rings. The van der Waals surface area contributed by atoms with E-state index in [1.54, 1.807) is 0 Å². The van der Waals surface area contributed by atoms with E-state index in [2.05, 4.69) is 4.98 Å². The first-order valence-electron chi connectivity index (χ1n) is 5.52. The van der Waals surface area contributed by atoms with Crippen molar-refractivity contribution in [3.05, 3.63) is 40.5 Å². The summed E-state index contributed by atoms with van der Waals surface area (Å²) < 4.78 is 0. The summed E-state index contributed by atoms with van der Waals surface area (Å²) in [6.07, 6.45) is -0.168. The second-order valence-electron chi connectivity index (χ2n) is 4.22. The second-order valence-corrected chi connectivity index (χ2v) is 4.58. The predicted molar refractivity (Wildman–Crippen MR) is 70.7 cm³/mol. The van der Waals surface area contributed by atoms with E-state index in [-0.39, 0.29) is 11.6 Å². The molecular weight excluding hydrogens is 252 g/mol. The number of pyridine rings is 1. The van der Waals surface area contributed by atoms with Crippen LogP contribution in [0.2, 0.25) is 5.15 Å². The maximum absolute atomic E-state index is 10.7. The zero-order valence-electron chi connectivity index (χ0n) is 9.85. The first-order chi connectivity index (χ1) is 8.49. The molecule has 94 valence electrons. The van der Waals surface area contributed by atoms with Crippen molar-refractivity contribution in [2.24, 2.45) is 5.73 Å². The molecule has 0 bridgehead atoms. The van der Waals surface area contributed by atoms with E-state index >= 15 is 0 Å². The number of aryl methyl sites for hydroxylation is 1. The Bertz CT molecular complexity index is 613. The number of nitrogens with zero attached hydrogens (tertiary/aromatic N) is 1. The molecule has 2 rings (SSSR count). The van der Waals surface area contributed by atoms with Crippen LogP contribution in [-0.4, -0.2) is 16.1 Å². The highest BCUT2D eigenvalue weighted by atomic mass is 35.5. The van der Waals surface area contributed by atoms with Gasteiger partial charge >= 0.3 is 5.97 Å². The van der Waals surface area contributed by atoms with Crippen LogP contribution in [0.5, 0.6) is 0 Å². The average Bonchev–Trinajstić information content (AvgIpc) is 2.28. The Labute approximate surface area is 109 Å². The maximum Gasteiger partial charge on any atom is 0.305 e. The van der Waals surface area contributed by atoms with Crippen LogP contribution in [0.3, 0.4) is 0 Å². The minimum absolute atomic E-state index is 0.168. The third-order valence-corrected chi connectivity index (χ3v) is 3.12. The van der Waals surface area contributed by atoms with Crippen LogP contribution < -0.4 is 5.73 Å². The Morgan fingerprint density at radius 2 is 2.28 bits per heavy atom. The smallest absolute Gasteiger partial charge is 0.305 e.